The van der Waals surface area contributed by atoms with Crippen molar-refractivity contribution < 1.29 is 4.79 Å². The SMILES string of the molecule is CCCCN(CCCC)CC(=O)Nc1cc(N)ccc1Cl. The largest absolute Gasteiger partial charge is 0.399 e. The van der Waals surface area contributed by atoms with Gasteiger partial charge in [0, 0.05) is 5.69 Å². The van der Waals surface area contributed by atoms with E-state index < -0.39 is 0 Å². The van der Waals surface area contributed by atoms with Gasteiger partial charge in [0.15, 0.2) is 0 Å². The van der Waals surface area contributed by atoms with E-state index in [4.69, 9.17) is 17.3 Å². The molecule has 0 aliphatic carbocycles. The van der Waals surface area contributed by atoms with Crippen LogP contribution in [-0.4, -0.2) is 30.4 Å². The third-order valence-electron chi connectivity index (χ3n) is 3.29. The Hall–Kier alpha value is -1.26. The Kier molecular flexibility index (Phi) is 8.16. The molecule has 1 aromatic rings. The number of hydrogen-bond acceptors (Lipinski definition) is 3. The minimum Gasteiger partial charge on any atom is -0.399 e. The van der Waals surface area contributed by atoms with Crippen molar-refractivity contribution in [3.8, 4) is 0 Å². The van der Waals surface area contributed by atoms with E-state index >= 15 is 0 Å². The third kappa shape index (κ3) is 6.82. The molecular formula is C16H26ClN3O. The number of nitrogen functional groups attached to an aromatic ring is 1. The zero-order valence-electron chi connectivity index (χ0n) is 13.0. The smallest absolute Gasteiger partial charge is 0.238 e. The lowest BCUT2D eigenvalue weighted by atomic mass is 10.2. The van der Waals surface area contributed by atoms with Crippen molar-refractivity contribution >= 4 is 28.9 Å². The van der Waals surface area contributed by atoms with Gasteiger partial charge in [0.1, 0.15) is 0 Å². The second-order valence-electron chi connectivity index (χ2n) is 5.27. The Bertz CT molecular complexity index is 443. The summed E-state index contributed by atoms with van der Waals surface area (Å²) in [6.45, 7) is 6.61. The molecule has 0 saturated heterocycles. The normalized spacial score (nSPS) is 10.9. The predicted molar refractivity (Wildman–Crippen MR) is 90.8 cm³/mol. The second kappa shape index (κ2) is 9.64. The van der Waals surface area contributed by atoms with Crippen molar-refractivity contribution in [3.05, 3.63) is 23.2 Å². The molecule has 118 valence electrons. The lowest BCUT2D eigenvalue weighted by molar-refractivity contribution is -0.117. The molecule has 5 heteroatoms. The Morgan fingerprint density at radius 1 is 1.24 bits per heavy atom. The highest BCUT2D eigenvalue weighted by Gasteiger charge is 2.11. The van der Waals surface area contributed by atoms with Crippen LogP contribution in [0.3, 0.4) is 0 Å². The van der Waals surface area contributed by atoms with Gasteiger partial charge in [-0.3, -0.25) is 9.69 Å². The molecule has 4 nitrogen and oxygen atoms in total. The number of nitrogens with zero attached hydrogens (tertiary/aromatic N) is 1. The van der Waals surface area contributed by atoms with Gasteiger partial charge in [-0.2, -0.15) is 0 Å². The summed E-state index contributed by atoms with van der Waals surface area (Å²) in [6, 6.07) is 5.09. The quantitative estimate of drug-likeness (QED) is 0.683. The number of hydrogen-bond donors (Lipinski definition) is 2. The van der Waals surface area contributed by atoms with Crippen LogP contribution in [0.25, 0.3) is 0 Å². The maximum absolute atomic E-state index is 12.2. The van der Waals surface area contributed by atoms with Gasteiger partial charge in [-0.05, 0) is 44.1 Å². The summed E-state index contributed by atoms with van der Waals surface area (Å²) in [7, 11) is 0. The van der Waals surface area contributed by atoms with Crippen LogP contribution in [0.5, 0.6) is 0 Å². The van der Waals surface area contributed by atoms with Gasteiger partial charge < -0.3 is 11.1 Å². The molecule has 1 aromatic carbocycles. The predicted octanol–water partition coefficient (Wildman–Crippen LogP) is 3.76. The van der Waals surface area contributed by atoms with Crippen LogP contribution in [0.4, 0.5) is 11.4 Å². The van der Waals surface area contributed by atoms with Gasteiger partial charge in [-0.25, -0.2) is 0 Å². The van der Waals surface area contributed by atoms with Crippen molar-refractivity contribution in [2.75, 3.05) is 30.7 Å². The number of benzene rings is 1. The van der Waals surface area contributed by atoms with E-state index in [0.717, 1.165) is 38.8 Å². The van der Waals surface area contributed by atoms with E-state index in [2.05, 4.69) is 24.1 Å². The standard InChI is InChI=1S/C16H26ClN3O/c1-3-5-9-20(10-6-4-2)12-16(21)19-15-11-13(18)7-8-14(15)17/h7-8,11H,3-6,9-10,12,18H2,1-2H3,(H,19,21). The van der Waals surface area contributed by atoms with E-state index in [1.54, 1.807) is 18.2 Å². The number of unbranched alkanes of at least 4 members (excludes halogenated alkanes) is 2. The fraction of sp³-hybridized carbons (Fsp3) is 0.562. The highest BCUT2D eigenvalue weighted by Crippen LogP contribution is 2.23. The molecule has 3 N–H and O–H groups in total. The highest BCUT2D eigenvalue weighted by atomic mass is 35.5. The average Bonchev–Trinajstić information content (AvgIpc) is 2.45. The molecule has 0 fully saturated rings. The first-order valence-corrected chi connectivity index (χ1v) is 8.01. The van der Waals surface area contributed by atoms with Crippen molar-refractivity contribution in [3.63, 3.8) is 0 Å². The number of nitrogens with two attached hydrogens (primary N) is 1. The fourth-order valence-electron chi connectivity index (χ4n) is 2.06. The van der Waals surface area contributed by atoms with Crippen LogP contribution in [0.2, 0.25) is 5.02 Å². The summed E-state index contributed by atoms with van der Waals surface area (Å²) in [5.41, 5.74) is 6.88. The Labute approximate surface area is 132 Å². The minimum atomic E-state index is -0.0466. The number of amides is 1. The van der Waals surface area contributed by atoms with Gasteiger partial charge in [0.25, 0.3) is 0 Å². The van der Waals surface area contributed by atoms with Gasteiger partial charge in [-0.15, -0.1) is 0 Å². The van der Waals surface area contributed by atoms with Crippen molar-refractivity contribution in [1.82, 2.24) is 4.90 Å². The first kappa shape index (κ1) is 17.8. The molecule has 0 radical (unpaired) electrons. The van der Waals surface area contributed by atoms with Crippen molar-refractivity contribution in [2.45, 2.75) is 39.5 Å². The molecular weight excluding hydrogens is 286 g/mol. The summed E-state index contributed by atoms with van der Waals surface area (Å²) < 4.78 is 0. The Morgan fingerprint density at radius 2 is 1.86 bits per heavy atom. The van der Waals surface area contributed by atoms with E-state index in [1.807, 2.05) is 0 Å². The molecule has 0 unspecified atom stereocenters. The summed E-state index contributed by atoms with van der Waals surface area (Å²) >= 11 is 6.06. The van der Waals surface area contributed by atoms with E-state index in [1.165, 1.54) is 0 Å². The average molecular weight is 312 g/mol. The first-order chi connectivity index (χ1) is 10.1. The molecule has 0 bridgehead atoms. The van der Waals surface area contributed by atoms with E-state index in [0.29, 0.717) is 22.9 Å². The topological polar surface area (TPSA) is 58.4 Å². The molecule has 1 rings (SSSR count). The number of carbonyl (C=O) groups is 1. The molecule has 0 aromatic heterocycles. The third-order valence-corrected chi connectivity index (χ3v) is 3.62. The molecule has 1 amide bonds. The van der Waals surface area contributed by atoms with Crippen molar-refractivity contribution in [2.24, 2.45) is 0 Å². The number of carbonyl (C=O) groups excluding carboxylic acids is 1. The number of nitrogens with one attached hydrogen (secondary N) is 1. The van der Waals surface area contributed by atoms with Crippen LogP contribution < -0.4 is 11.1 Å². The molecule has 0 spiro atoms. The Morgan fingerprint density at radius 3 is 2.43 bits per heavy atom. The van der Waals surface area contributed by atoms with E-state index in [-0.39, 0.29) is 5.91 Å². The van der Waals surface area contributed by atoms with Gasteiger partial charge in [0.2, 0.25) is 5.91 Å². The highest BCUT2D eigenvalue weighted by molar-refractivity contribution is 6.33. The molecule has 0 atom stereocenters. The van der Waals surface area contributed by atoms with Crippen LogP contribution in [-0.2, 0) is 4.79 Å². The number of anilines is 2. The lowest BCUT2D eigenvalue weighted by Gasteiger charge is -2.21. The monoisotopic (exact) mass is 311 g/mol. The summed E-state index contributed by atoms with van der Waals surface area (Å²) in [5, 5.41) is 3.35. The van der Waals surface area contributed by atoms with Gasteiger partial charge in [0.05, 0.1) is 17.3 Å². The maximum atomic E-state index is 12.2. The minimum absolute atomic E-state index is 0.0466. The molecule has 21 heavy (non-hydrogen) atoms. The van der Waals surface area contributed by atoms with Crippen molar-refractivity contribution in [1.29, 1.82) is 0 Å². The molecule has 0 saturated carbocycles. The van der Waals surface area contributed by atoms with E-state index in [9.17, 15) is 4.79 Å². The van der Waals surface area contributed by atoms with Crippen LogP contribution in [0.15, 0.2) is 18.2 Å². The first-order valence-electron chi connectivity index (χ1n) is 7.64. The number of halogens is 1. The zero-order chi connectivity index (χ0) is 15.7. The summed E-state index contributed by atoms with van der Waals surface area (Å²) in [5.74, 6) is -0.0466. The lowest BCUT2D eigenvalue weighted by Crippen LogP contribution is -2.34. The summed E-state index contributed by atoms with van der Waals surface area (Å²) in [4.78, 5) is 14.4. The van der Waals surface area contributed by atoms with Gasteiger partial charge in [-0.1, -0.05) is 38.3 Å². The molecule has 0 aliphatic heterocycles. The van der Waals surface area contributed by atoms with Crippen LogP contribution >= 0.6 is 11.6 Å². The maximum Gasteiger partial charge on any atom is 0.238 e. The van der Waals surface area contributed by atoms with Crippen LogP contribution in [0.1, 0.15) is 39.5 Å². The Balaban J connectivity index is 2.57. The zero-order valence-corrected chi connectivity index (χ0v) is 13.7. The molecule has 0 heterocycles. The number of rotatable bonds is 9. The van der Waals surface area contributed by atoms with Gasteiger partial charge >= 0.3 is 0 Å². The fourth-order valence-corrected chi connectivity index (χ4v) is 2.23. The second-order valence-corrected chi connectivity index (χ2v) is 5.68. The summed E-state index contributed by atoms with van der Waals surface area (Å²) in [6.07, 6.45) is 4.47. The molecule has 0 aliphatic rings. The van der Waals surface area contributed by atoms with Crippen LogP contribution in [0, 0.1) is 0 Å².